The number of halogens is 1. The molecule has 0 saturated heterocycles. The summed E-state index contributed by atoms with van der Waals surface area (Å²) in [6.07, 6.45) is 0. The van der Waals surface area contributed by atoms with E-state index in [1.165, 1.54) is 6.07 Å². The number of hydrogen-bond acceptors (Lipinski definition) is 5. The molecular weight excluding hydrogens is 337 g/mol. The van der Waals surface area contributed by atoms with E-state index in [-0.39, 0.29) is 17.2 Å². The monoisotopic (exact) mass is 355 g/mol. The van der Waals surface area contributed by atoms with Crippen molar-refractivity contribution in [3.63, 3.8) is 0 Å². The molecule has 26 heavy (non-hydrogen) atoms. The van der Waals surface area contributed by atoms with E-state index in [4.69, 9.17) is 4.74 Å². The van der Waals surface area contributed by atoms with Gasteiger partial charge in [0.1, 0.15) is 11.6 Å². The summed E-state index contributed by atoms with van der Waals surface area (Å²) in [7, 11) is 0. The molecule has 0 spiro atoms. The molecule has 0 aliphatic heterocycles. The lowest BCUT2D eigenvalue weighted by molar-refractivity contribution is 0.0946. The van der Waals surface area contributed by atoms with E-state index in [2.05, 4.69) is 26.0 Å². The van der Waals surface area contributed by atoms with Crippen LogP contribution in [0.4, 0.5) is 15.9 Å². The van der Waals surface area contributed by atoms with Gasteiger partial charge in [-0.25, -0.2) is 4.39 Å². The van der Waals surface area contributed by atoms with Gasteiger partial charge in [0.25, 0.3) is 5.91 Å². The summed E-state index contributed by atoms with van der Waals surface area (Å²) in [6.45, 7) is 2.83. The Balaban J connectivity index is 1.64. The molecule has 0 radical (unpaired) electrons. The van der Waals surface area contributed by atoms with Gasteiger partial charge >= 0.3 is 0 Å². The Hall–Kier alpha value is -3.42. The molecule has 3 N–H and O–H groups in total. The zero-order valence-corrected chi connectivity index (χ0v) is 14.1. The van der Waals surface area contributed by atoms with E-state index >= 15 is 0 Å². The minimum absolute atomic E-state index is 0.0548. The van der Waals surface area contributed by atoms with Gasteiger partial charge in [0.15, 0.2) is 11.5 Å². The Morgan fingerprint density at radius 3 is 2.65 bits per heavy atom. The van der Waals surface area contributed by atoms with Crippen LogP contribution >= 0.6 is 0 Å². The van der Waals surface area contributed by atoms with Crippen molar-refractivity contribution in [3.8, 4) is 5.75 Å². The van der Waals surface area contributed by atoms with E-state index in [1.54, 1.807) is 18.2 Å². The first-order chi connectivity index (χ1) is 12.7. The molecule has 1 aromatic heterocycles. The van der Waals surface area contributed by atoms with E-state index in [1.807, 2.05) is 31.2 Å². The van der Waals surface area contributed by atoms with Gasteiger partial charge < -0.3 is 15.4 Å². The fraction of sp³-hybridized carbons (Fsp3) is 0.167. The molecule has 1 amide bonds. The van der Waals surface area contributed by atoms with Crippen LogP contribution in [0.5, 0.6) is 5.75 Å². The highest BCUT2D eigenvalue weighted by Crippen LogP contribution is 2.19. The summed E-state index contributed by atoms with van der Waals surface area (Å²) in [5, 5.41) is 15.6. The number of H-pyrrole nitrogens is 1. The van der Waals surface area contributed by atoms with Crippen LogP contribution in [0.3, 0.4) is 0 Å². The van der Waals surface area contributed by atoms with Gasteiger partial charge in [0, 0.05) is 6.54 Å². The molecule has 0 saturated carbocycles. The molecule has 0 bridgehead atoms. The minimum atomic E-state index is -0.448. The maximum Gasteiger partial charge on any atom is 0.275 e. The van der Waals surface area contributed by atoms with Crippen LogP contribution in [0.2, 0.25) is 0 Å². The summed E-state index contributed by atoms with van der Waals surface area (Å²) >= 11 is 0. The molecule has 0 aliphatic rings. The van der Waals surface area contributed by atoms with Crippen LogP contribution in [-0.2, 0) is 6.54 Å². The average molecular weight is 355 g/mol. The van der Waals surface area contributed by atoms with Crippen molar-refractivity contribution < 1.29 is 13.9 Å². The van der Waals surface area contributed by atoms with Gasteiger partial charge in [-0.15, -0.1) is 10.2 Å². The topological polar surface area (TPSA) is 91.9 Å². The molecule has 3 rings (SSSR count). The van der Waals surface area contributed by atoms with Crippen LogP contribution in [0.1, 0.15) is 23.0 Å². The number of aromatic amines is 1. The normalized spacial score (nSPS) is 10.4. The lowest BCUT2D eigenvalue weighted by Crippen LogP contribution is -2.24. The van der Waals surface area contributed by atoms with Crippen LogP contribution in [0.25, 0.3) is 0 Å². The second-order valence-electron chi connectivity index (χ2n) is 5.39. The molecule has 8 heteroatoms. The number of aromatic nitrogens is 3. The lowest BCUT2D eigenvalue weighted by Gasteiger charge is -2.08. The predicted molar refractivity (Wildman–Crippen MR) is 94.8 cm³/mol. The van der Waals surface area contributed by atoms with Crippen molar-refractivity contribution in [1.29, 1.82) is 0 Å². The molecule has 0 atom stereocenters. The number of carbonyl (C=O) groups excluding carboxylic acids is 1. The molecule has 134 valence electrons. The molecule has 7 nitrogen and oxygen atoms in total. The Labute approximate surface area is 149 Å². The second kappa shape index (κ2) is 8.11. The molecule has 0 fully saturated rings. The van der Waals surface area contributed by atoms with Gasteiger partial charge in [-0.3, -0.25) is 4.79 Å². The highest BCUT2D eigenvalue weighted by Gasteiger charge is 2.17. The average Bonchev–Trinajstić information content (AvgIpc) is 3.11. The number of nitrogens with zero attached hydrogens (tertiary/aromatic N) is 2. The number of carbonyl (C=O) groups is 1. The number of amides is 1. The highest BCUT2D eigenvalue weighted by atomic mass is 19.1. The van der Waals surface area contributed by atoms with E-state index in [9.17, 15) is 9.18 Å². The number of benzene rings is 2. The number of ether oxygens (including phenoxy) is 1. The van der Waals surface area contributed by atoms with Gasteiger partial charge in [-0.2, -0.15) is 5.21 Å². The first-order valence-corrected chi connectivity index (χ1v) is 8.09. The number of nitrogens with one attached hydrogen (secondary N) is 3. The summed E-state index contributed by atoms with van der Waals surface area (Å²) < 4.78 is 19.1. The maximum absolute atomic E-state index is 13.7. The maximum atomic E-state index is 13.7. The molecule has 0 aliphatic carbocycles. The van der Waals surface area contributed by atoms with Crippen LogP contribution < -0.4 is 15.4 Å². The third-order valence-electron chi connectivity index (χ3n) is 3.58. The van der Waals surface area contributed by atoms with Crippen LogP contribution in [0.15, 0.2) is 48.5 Å². The third-order valence-corrected chi connectivity index (χ3v) is 3.58. The summed E-state index contributed by atoms with van der Waals surface area (Å²) in [5.74, 6) is 0.0532. The zero-order chi connectivity index (χ0) is 18.4. The van der Waals surface area contributed by atoms with Crippen LogP contribution in [0, 0.1) is 5.82 Å². The van der Waals surface area contributed by atoms with Gasteiger partial charge in [-0.1, -0.05) is 24.3 Å². The van der Waals surface area contributed by atoms with E-state index in [0.717, 1.165) is 11.3 Å². The smallest absolute Gasteiger partial charge is 0.275 e. The fourth-order valence-electron chi connectivity index (χ4n) is 2.30. The van der Waals surface area contributed by atoms with Crippen molar-refractivity contribution >= 4 is 17.4 Å². The molecule has 1 heterocycles. The number of hydrogen-bond donors (Lipinski definition) is 3. The van der Waals surface area contributed by atoms with Crippen LogP contribution in [-0.4, -0.2) is 27.9 Å². The molecule has 0 unspecified atom stereocenters. The third kappa shape index (κ3) is 4.15. The number of para-hydroxylation sites is 1. The Kier molecular flexibility index (Phi) is 5.43. The second-order valence-corrected chi connectivity index (χ2v) is 5.39. The van der Waals surface area contributed by atoms with E-state index in [0.29, 0.717) is 13.2 Å². The SMILES string of the molecule is CCOc1ccc(CNC(=O)c2n[nH]nc2Nc2ccccc2F)cc1. The highest BCUT2D eigenvalue weighted by molar-refractivity contribution is 5.97. The van der Waals surface area contributed by atoms with Gasteiger partial charge in [-0.05, 0) is 36.8 Å². The van der Waals surface area contributed by atoms with Crippen molar-refractivity contribution in [3.05, 3.63) is 65.6 Å². The first-order valence-electron chi connectivity index (χ1n) is 8.09. The zero-order valence-electron chi connectivity index (χ0n) is 14.1. The van der Waals surface area contributed by atoms with Crippen molar-refractivity contribution in [2.75, 3.05) is 11.9 Å². The number of anilines is 2. The predicted octanol–water partition coefficient (Wildman–Crippen LogP) is 3.02. The molecular formula is C18H18FN5O2. The number of rotatable bonds is 7. The summed E-state index contributed by atoms with van der Waals surface area (Å²) in [6, 6.07) is 13.5. The van der Waals surface area contributed by atoms with Gasteiger partial charge in [0.2, 0.25) is 0 Å². The molecule has 2 aromatic carbocycles. The summed E-state index contributed by atoms with van der Waals surface area (Å²) in [5.41, 5.74) is 1.18. The van der Waals surface area contributed by atoms with Crippen molar-refractivity contribution in [2.24, 2.45) is 0 Å². The standard InChI is InChI=1S/C18H18FN5O2/c1-2-26-13-9-7-12(8-10-13)11-20-18(25)16-17(23-24-22-16)21-15-6-4-3-5-14(15)19/h3-10H,2,11H2,1H3,(H,20,25)(H2,21,22,23,24). The Morgan fingerprint density at radius 1 is 1.15 bits per heavy atom. The first kappa shape index (κ1) is 17.4. The van der Waals surface area contributed by atoms with Gasteiger partial charge in [0.05, 0.1) is 12.3 Å². The fourth-order valence-corrected chi connectivity index (χ4v) is 2.30. The lowest BCUT2D eigenvalue weighted by atomic mass is 10.2. The van der Waals surface area contributed by atoms with Crippen molar-refractivity contribution in [1.82, 2.24) is 20.7 Å². The Bertz CT molecular complexity index is 879. The molecule has 3 aromatic rings. The van der Waals surface area contributed by atoms with E-state index < -0.39 is 11.7 Å². The van der Waals surface area contributed by atoms with Crippen molar-refractivity contribution in [2.45, 2.75) is 13.5 Å². The largest absolute Gasteiger partial charge is 0.494 e. The minimum Gasteiger partial charge on any atom is -0.494 e. The quantitative estimate of drug-likeness (QED) is 0.606. The Morgan fingerprint density at radius 2 is 1.92 bits per heavy atom. The summed E-state index contributed by atoms with van der Waals surface area (Å²) in [4.78, 5) is 12.4.